The molecule has 14 heavy (non-hydrogen) atoms. The fourth-order valence-electron chi connectivity index (χ4n) is 1.20. The van der Waals surface area contributed by atoms with Crippen molar-refractivity contribution in [3.63, 3.8) is 0 Å². The van der Waals surface area contributed by atoms with Gasteiger partial charge in [-0.25, -0.2) is 4.39 Å². The summed E-state index contributed by atoms with van der Waals surface area (Å²) in [5, 5.41) is 18.0. The Kier molecular flexibility index (Phi) is 4.38. The molecule has 1 unspecified atom stereocenters. The van der Waals surface area contributed by atoms with E-state index in [1.165, 1.54) is 24.8 Å². The third-order valence-corrected chi connectivity index (χ3v) is 2.83. The van der Waals surface area contributed by atoms with E-state index < -0.39 is 11.9 Å². The summed E-state index contributed by atoms with van der Waals surface area (Å²) >= 11 is 1.34. The molecule has 0 fully saturated rings. The molecule has 1 atom stereocenters. The third-order valence-electron chi connectivity index (χ3n) is 1.78. The number of hydrogen-bond donors (Lipinski definition) is 2. The molecule has 78 valence electrons. The van der Waals surface area contributed by atoms with Gasteiger partial charge in [-0.3, -0.25) is 0 Å². The van der Waals surface area contributed by atoms with Crippen molar-refractivity contribution >= 4 is 11.8 Å². The van der Waals surface area contributed by atoms with Gasteiger partial charge in [0.1, 0.15) is 5.82 Å². The van der Waals surface area contributed by atoms with Crippen molar-refractivity contribution in [3.05, 3.63) is 29.6 Å². The molecule has 0 aliphatic heterocycles. The van der Waals surface area contributed by atoms with Gasteiger partial charge in [-0.1, -0.05) is 6.07 Å². The first kappa shape index (κ1) is 11.5. The van der Waals surface area contributed by atoms with Crippen LogP contribution < -0.4 is 0 Å². The molecule has 0 aliphatic carbocycles. The molecule has 1 aromatic rings. The maximum atomic E-state index is 13.3. The first-order valence-corrected chi connectivity index (χ1v) is 5.35. The van der Waals surface area contributed by atoms with Crippen LogP contribution in [0.25, 0.3) is 0 Å². The third kappa shape index (κ3) is 2.70. The Morgan fingerprint density at radius 3 is 2.79 bits per heavy atom. The summed E-state index contributed by atoms with van der Waals surface area (Å²) in [5.74, 6) is 0.103. The summed E-state index contributed by atoms with van der Waals surface area (Å²) in [4.78, 5) is 0.689. The van der Waals surface area contributed by atoms with Gasteiger partial charge in [0.15, 0.2) is 0 Å². The van der Waals surface area contributed by atoms with Crippen molar-refractivity contribution < 1.29 is 14.6 Å². The topological polar surface area (TPSA) is 40.5 Å². The molecule has 2 N–H and O–H groups in total. The lowest BCUT2D eigenvalue weighted by Gasteiger charge is -2.11. The van der Waals surface area contributed by atoms with Crippen molar-refractivity contribution in [3.8, 4) is 0 Å². The van der Waals surface area contributed by atoms with Crippen LogP contribution in [0.2, 0.25) is 0 Å². The smallest absolute Gasteiger partial charge is 0.130 e. The Hall–Kier alpha value is -0.580. The van der Waals surface area contributed by atoms with Crippen LogP contribution in [-0.2, 0) is 0 Å². The molecule has 0 aliphatic rings. The van der Waals surface area contributed by atoms with Crippen molar-refractivity contribution in [2.75, 3.05) is 12.4 Å². The number of aliphatic hydroxyl groups excluding tert-OH is 2. The highest BCUT2D eigenvalue weighted by Crippen LogP contribution is 2.29. The highest BCUT2D eigenvalue weighted by Gasteiger charge is 2.13. The lowest BCUT2D eigenvalue weighted by molar-refractivity contribution is 0.191. The van der Waals surface area contributed by atoms with E-state index >= 15 is 0 Å². The molecular weight excluding hydrogens is 203 g/mol. The number of aliphatic hydroxyl groups is 2. The minimum absolute atomic E-state index is 0.0421. The molecule has 0 saturated heterocycles. The van der Waals surface area contributed by atoms with Gasteiger partial charge in [0.2, 0.25) is 0 Å². The van der Waals surface area contributed by atoms with E-state index in [1.54, 1.807) is 12.1 Å². The van der Waals surface area contributed by atoms with Crippen LogP contribution in [0.1, 0.15) is 18.6 Å². The molecule has 0 spiro atoms. The molecule has 0 bridgehead atoms. The van der Waals surface area contributed by atoms with Crippen molar-refractivity contribution in [1.29, 1.82) is 0 Å². The molecule has 1 rings (SSSR count). The van der Waals surface area contributed by atoms with E-state index in [-0.39, 0.29) is 6.61 Å². The Bertz CT molecular complexity index is 302. The second-order valence-electron chi connectivity index (χ2n) is 2.90. The van der Waals surface area contributed by atoms with E-state index in [1.807, 2.05) is 0 Å². The Morgan fingerprint density at radius 1 is 1.50 bits per heavy atom. The summed E-state index contributed by atoms with van der Waals surface area (Å²) < 4.78 is 13.3. The van der Waals surface area contributed by atoms with Crippen LogP contribution >= 0.6 is 11.8 Å². The van der Waals surface area contributed by atoms with E-state index in [2.05, 4.69) is 0 Å². The maximum absolute atomic E-state index is 13.3. The largest absolute Gasteiger partial charge is 0.396 e. The van der Waals surface area contributed by atoms with E-state index in [0.29, 0.717) is 16.2 Å². The molecule has 0 amide bonds. The molecule has 0 aromatic heterocycles. The number of hydrogen-bond acceptors (Lipinski definition) is 3. The highest BCUT2D eigenvalue weighted by atomic mass is 32.2. The van der Waals surface area contributed by atoms with Crippen molar-refractivity contribution in [2.45, 2.75) is 17.9 Å². The van der Waals surface area contributed by atoms with Gasteiger partial charge in [-0.05, 0) is 19.1 Å². The first-order chi connectivity index (χ1) is 6.66. The Balaban J connectivity index is 2.96. The minimum atomic E-state index is -0.822. The molecule has 2 nitrogen and oxygen atoms in total. The van der Waals surface area contributed by atoms with Gasteiger partial charge in [-0.2, -0.15) is 0 Å². The molecule has 4 heteroatoms. The second-order valence-corrected chi connectivity index (χ2v) is 4.04. The highest BCUT2D eigenvalue weighted by molar-refractivity contribution is 7.99. The van der Waals surface area contributed by atoms with E-state index in [9.17, 15) is 9.50 Å². The van der Waals surface area contributed by atoms with Gasteiger partial charge >= 0.3 is 0 Å². The Morgan fingerprint density at radius 2 is 2.21 bits per heavy atom. The predicted octanol–water partition coefficient (Wildman–Crippen LogP) is 1.96. The van der Waals surface area contributed by atoms with Crippen molar-refractivity contribution in [2.24, 2.45) is 0 Å². The van der Waals surface area contributed by atoms with Crippen LogP contribution in [0.3, 0.4) is 0 Å². The van der Waals surface area contributed by atoms with Gasteiger partial charge in [0.05, 0.1) is 12.7 Å². The lowest BCUT2D eigenvalue weighted by atomic mass is 10.1. The number of thioether (sulfide) groups is 1. The monoisotopic (exact) mass is 216 g/mol. The van der Waals surface area contributed by atoms with Crippen LogP contribution in [0.4, 0.5) is 4.39 Å². The van der Waals surface area contributed by atoms with Crippen molar-refractivity contribution in [1.82, 2.24) is 0 Å². The standard InChI is InChI=1S/C10H13FO2S/c1-7(13)10-8(11)3-2-4-9(10)14-6-5-12/h2-4,7,12-13H,5-6H2,1H3. The second kappa shape index (κ2) is 5.34. The average molecular weight is 216 g/mol. The van der Waals surface area contributed by atoms with Crippen LogP contribution in [-0.4, -0.2) is 22.6 Å². The maximum Gasteiger partial charge on any atom is 0.130 e. The fourth-order valence-corrected chi connectivity index (χ4v) is 2.11. The van der Waals surface area contributed by atoms with Crippen LogP contribution in [0.5, 0.6) is 0 Å². The van der Waals surface area contributed by atoms with Crippen LogP contribution in [0.15, 0.2) is 23.1 Å². The van der Waals surface area contributed by atoms with E-state index in [0.717, 1.165) is 0 Å². The summed E-state index contributed by atoms with van der Waals surface area (Å²) in [7, 11) is 0. The SMILES string of the molecule is CC(O)c1c(F)cccc1SCCO. The lowest BCUT2D eigenvalue weighted by Crippen LogP contribution is -1.99. The van der Waals surface area contributed by atoms with Gasteiger partial charge in [0.25, 0.3) is 0 Å². The Labute approximate surface area is 86.8 Å². The minimum Gasteiger partial charge on any atom is -0.396 e. The summed E-state index contributed by atoms with van der Waals surface area (Å²) in [6.07, 6.45) is -0.822. The van der Waals surface area contributed by atoms with E-state index in [4.69, 9.17) is 5.11 Å². The molecule has 0 radical (unpaired) electrons. The molecular formula is C10H13FO2S. The number of halogens is 1. The normalized spacial score (nSPS) is 12.9. The van der Waals surface area contributed by atoms with Gasteiger partial charge in [-0.15, -0.1) is 11.8 Å². The zero-order chi connectivity index (χ0) is 10.6. The number of rotatable bonds is 4. The van der Waals surface area contributed by atoms with Crippen LogP contribution in [0, 0.1) is 5.82 Å². The van der Waals surface area contributed by atoms with Gasteiger partial charge in [0, 0.05) is 16.2 Å². The molecule has 1 aromatic carbocycles. The first-order valence-electron chi connectivity index (χ1n) is 4.37. The van der Waals surface area contributed by atoms with Gasteiger partial charge < -0.3 is 10.2 Å². The fraction of sp³-hybridized carbons (Fsp3) is 0.400. The molecule has 0 saturated carbocycles. The quantitative estimate of drug-likeness (QED) is 0.756. The predicted molar refractivity (Wildman–Crippen MR) is 54.8 cm³/mol. The number of benzene rings is 1. The zero-order valence-electron chi connectivity index (χ0n) is 7.90. The summed E-state index contributed by atoms with van der Waals surface area (Å²) in [5.41, 5.74) is 0.311. The zero-order valence-corrected chi connectivity index (χ0v) is 8.72. The average Bonchev–Trinajstić information content (AvgIpc) is 2.14. The summed E-state index contributed by atoms with van der Waals surface area (Å²) in [6, 6.07) is 4.66. The molecule has 0 heterocycles. The summed E-state index contributed by atoms with van der Waals surface area (Å²) in [6.45, 7) is 1.57.